The predicted octanol–water partition coefficient (Wildman–Crippen LogP) is 1.84. The van der Waals surface area contributed by atoms with E-state index in [9.17, 15) is 5.11 Å². The SMILES string of the molecule is Cc1ccc(O)c(CN2CCOCC2)c1C. The van der Waals surface area contributed by atoms with Crippen LogP contribution in [0.3, 0.4) is 0 Å². The van der Waals surface area contributed by atoms with Gasteiger partial charge in [0, 0.05) is 25.2 Å². The number of hydrogen-bond acceptors (Lipinski definition) is 3. The minimum atomic E-state index is 0.412. The number of nitrogens with zero attached hydrogens (tertiary/aromatic N) is 1. The fraction of sp³-hybridized carbons (Fsp3) is 0.538. The molecule has 0 spiro atoms. The third-order valence-electron chi connectivity index (χ3n) is 3.33. The van der Waals surface area contributed by atoms with E-state index in [1.165, 1.54) is 11.1 Å². The van der Waals surface area contributed by atoms with Crippen LogP contribution in [-0.2, 0) is 11.3 Å². The van der Waals surface area contributed by atoms with Crippen LogP contribution >= 0.6 is 0 Å². The molecule has 0 atom stereocenters. The van der Waals surface area contributed by atoms with Crippen LogP contribution in [0, 0.1) is 13.8 Å². The Morgan fingerprint density at radius 3 is 2.62 bits per heavy atom. The summed E-state index contributed by atoms with van der Waals surface area (Å²) in [5.74, 6) is 0.412. The summed E-state index contributed by atoms with van der Waals surface area (Å²) < 4.78 is 5.32. The number of rotatable bonds is 2. The molecule has 16 heavy (non-hydrogen) atoms. The van der Waals surface area contributed by atoms with E-state index in [-0.39, 0.29) is 0 Å². The molecular weight excluding hydrogens is 202 g/mol. The van der Waals surface area contributed by atoms with Gasteiger partial charge in [0.2, 0.25) is 0 Å². The zero-order valence-electron chi connectivity index (χ0n) is 9.99. The van der Waals surface area contributed by atoms with Crippen LogP contribution < -0.4 is 0 Å². The Labute approximate surface area is 96.6 Å². The van der Waals surface area contributed by atoms with Gasteiger partial charge in [-0.25, -0.2) is 0 Å². The molecule has 0 aliphatic carbocycles. The van der Waals surface area contributed by atoms with Gasteiger partial charge in [-0.05, 0) is 31.0 Å². The molecular formula is C13H19NO2. The van der Waals surface area contributed by atoms with Crippen molar-refractivity contribution in [3.63, 3.8) is 0 Å². The molecule has 1 heterocycles. The lowest BCUT2D eigenvalue weighted by Gasteiger charge is -2.27. The molecule has 0 amide bonds. The third kappa shape index (κ3) is 2.36. The van der Waals surface area contributed by atoms with Crippen molar-refractivity contribution in [2.24, 2.45) is 0 Å². The van der Waals surface area contributed by atoms with Crippen LogP contribution in [0.25, 0.3) is 0 Å². The van der Waals surface area contributed by atoms with Crippen molar-refractivity contribution in [2.75, 3.05) is 26.3 Å². The number of phenols is 1. The summed E-state index contributed by atoms with van der Waals surface area (Å²) in [4.78, 5) is 2.32. The van der Waals surface area contributed by atoms with E-state index in [0.29, 0.717) is 5.75 Å². The number of aromatic hydroxyl groups is 1. The van der Waals surface area contributed by atoms with Gasteiger partial charge < -0.3 is 9.84 Å². The van der Waals surface area contributed by atoms with Crippen molar-refractivity contribution < 1.29 is 9.84 Å². The van der Waals surface area contributed by atoms with Crippen molar-refractivity contribution in [3.05, 3.63) is 28.8 Å². The van der Waals surface area contributed by atoms with Gasteiger partial charge in [0.05, 0.1) is 13.2 Å². The largest absolute Gasteiger partial charge is 0.508 e. The molecule has 1 saturated heterocycles. The molecule has 3 nitrogen and oxygen atoms in total. The highest BCUT2D eigenvalue weighted by atomic mass is 16.5. The molecule has 0 unspecified atom stereocenters. The molecule has 0 saturated carbocycles. The quantitative estimate of drug-likeness (QED) is 0.827. The summed E-state index contributed by atoms with van der Waals surface area (Å²) in [6, 6.07) is 3.76. The van der Waals surface area contributed by atoms with Crippen LogP contribution in [0.4, 0.5) is 0 Å². The topological polar surface area (TPSA) is 32.7 Å². The molecule has 88 valence electrons. The Kier molecular flexibility index (Phi) is 3.46. The van der Waals surface area contributed by atoms with Gasteiger partial charge in [0.15, 0.2) is 0 Å². The minimum absolute atomic E-state index is 0.412. The molecule has 1 aliphatic heterocycles. The van der Waals surface area contributed by atoms with Crippen molar-refractivity contribution in [3.8, 4) is 5.75 Å². The zero-order chi connectivity index (χ0) is 11.5. The normalized spacial score (nSPS) is 17.6. The van der Waals surface area contributed by atoms with E-state index < -0.39 is 0 Å². The van der Waals surface area contributed by atoms with Gasteiger partial charge in [-0.1, -0.05) is 6.07 Å². The van der Waals surface area contributed by atoms with Crippen molar-refractivity contribution >= 4 is 0 Å². The smallest absolute Gasteiger partial charge is 0.120 e. The average molecular weight is 221 g/mol. The number of morpholine rings is 1. The van der Waals surface area contributed by atoms with Crippen LogP contribution in [0.5, 0.6) is 5.75 Å². The lowest BCUT2D eigenvalue weighted by atomic mass is 10.0. The monoisotopic (exact) mass is 221 g/mol. The summed E-state index contributed by atoms with van der Waals surface area (Å²) in [5.41, 5.74) is 3.49. The van der Waals surface area contributed by atoms with Gasteiger partial charge >= 0.3 is 0 Å². The molecule has 0 aromatic heterocycles. The third-order valence-corrected chi connectivity index (χ3v) is 3.33. The molecule has 1 aliphatic rings. The second-order valence-corrected chi connectivity index (χ2v) is 4.39. The number of aryl methyl sites for hydroxylation is 1. The Bertz CT molecular complexity index is 370. The first-order valence-corrected chi connectivity index (χ1v) is 5.76. The highest BCUT2D eigenvalue weighted by Gasteiger charge is 2.14. The summed E-state index contributed by atoms with van der Waals surface area (Å²) in [5, 5.41) is 9.89. The summed E-state index contributed by atoms with van der Waals surface area (Å²) in [7, 11) is 0. The molecule has 2 rings (SSSR count). The second-order valence-electron chi connectivity index (χ2n) is 4.39. The van der Waals surface area contributed by atoms with Crippen molar-refractivity contribution in [2.45, 2.75) is 20.4 Å². The highest BCUT2D eigenvalue weighted by Crippen LogP contribution is 2.25. The fourth-order valence-corrected chi connectivity index (χ4v) is 2.04. The Hall–Kier alpha value is -1.06. The maximum Gasteiger partial charge on any atom is 0.120 e. The van der Waals surface area contributed by atoms with Crippen LogP contribution in [0.2, 0.25) is 0 Å². The Balaban J connectivity index is 2.16. The second kappa shape index (κ2) is 4.85. The molecule has 1 fully saturated rings. The van der Waals surface area contributed by atoms with Crippen molar-refractivity contribution in [1.82, 2.24) is 4.90 Å². The van der Waals surface area contributed by atoms with Crippen LogP contribution in [-0.4, -0.2) is 36.3 Å². The molecule has 1 aromatic rings. The predicted molar refractivity (Wildman–Crippen MR) is 63.7 cm³/mol. The van der Waals surface area contributed by atoms with E-state index in [4.69, 9.17) is 4.74 Å². The average Bonchev–Trinajstić information content (AvgIpc) is 2.31. The first-order chi connectivity index (χ1) is 7.68. The molecule has 1 N–H and O–H groups in total. The number of hydrogen-bond donors (Lipinski definition) is 1. The van der Waals surface area contributed by atoms with Gasteiger partial charge in [-0.15, -0.1) is 0 Å². The van der Waals surface area contributed by atoms with Crippen LogP contribution in [0.15, 0.2) is 12.1 Å². The minimum Gasteiger partial charge on any atom is -0.508 e. The first-order valence-electron chi connectivity index (χ1n) is 5.76. The Morgan fingerprint density at radius 1 is 1.25 bits per heavy atom. The standard InChI is InChI=1S/C13H19NO2/c1-10-3-4-13(15)12(11(10)2)9-14-5-7-16-8-6-14/h3-4,15H,5-9H2,1-2H3. The molecule has 0 radical (unpaired) electrons. The van der Waals surface area contributed by atoms with E-state index in [2.05, 4.69) is 18.7 Å². The van der Waals surface area contributed by atoms with Crippen molar-refractivity contribution in [1.29, 1.82) is 0 Å². The maximum absolute atomic E-state index is 9.89. The van der Waals surface area contributed by atoms with Gasteiger partial charge in [-0.2, -0.15) is 0 Å². The van der Waals surface area contributed by atoms with Gasteiger partial charge in [0.25, 0.3) is 0 Å². The summed E-state index contributed by atoms with van der Waals surface area (Å²) in [6.07, 6.45) is 0. The van der Waals surface area contributed by atoms with Gasteiger partial charge in [0.1, 0.15) is 5.75 Å². The molecule has 1 aromatic carbocycles. The lowest BCUT2D eigenvalue weighted by Crippen LogP contribution is -2.35. The molecule has 3 heteroatoms. The first kappa shape index (κ1) is 11.4. The van der Waals surface area contributed by atoms with Gasteiger partial charge in [-0.3, -0.25) is 4.90 Å². The molecule has 0 bridgehead atoms. The van der Waals surface area contributed by atoms with E-state index in [0.717, 1.165) is 38.4 Å². The number of benzene rings is 1. The maximum atomic E-state index is 9.89. The fourth-order valence-electron chi connectivity index (χ4n) is 2.04. The summed E-state index contributed by atoms with van der Waals surface area (Å²) >= 11 is 0. The number of phenolic OH excluding ortho intramolecular Hbond substituents is 1. The Morgan fingerprint density at radius 2 is 1.94 bits per heavy atom. The van der Waals surface area contributed by atoms with E-state index in [1.54, 1.807) is 6.07 Å². The van der Waals surface area contributed by atoms with E-state index in [1.807, 2.05) is 6.07 Å². The zero-order valence-corrected chi connectivity index (χ0v) is 9.99. The van der Waals surface area contributed by atoms with E-state index >= 15 is 0 Å². The lowest BCUT2D eigenvalue weighted by molar-refractivity contribution is 0.0338. The van der Waals surface area contributed by atoms with Crippen LogP contribution in [0.1, 0.15) is 16.7 Å². The highest BCUT2D eigenvalue weighted by molar-refractivity contribution is 5.43. The number of ether oxygens (including phenoxy) is 1. The summed E-state index contributed by atoms with van der Waals surface area (Å²) in [6.45, 7) is 8.47.